The van der Waals surface area contributed by atoms with Gasteiger partial charge in [-0.25, -0.2) is 0 Å². The SMILES string of the molecule is Cc1ccccc1[C@@H](C)CC(=O)N1CCN[C@H](C)C1. The molecule has 0 spiro atoms. The van der Waals surface area contributed by atoms with Gasteiger partial charge in [0.25, 0.3) is 0 Å². The van der Waals surface area contributed by atoms with E-state index in [1.165, 1.54) is 11.1 Å². The van der Waals surface area contributed by atoms with Crippen LogP contribution in [0.25, 0.3) is 0 Å². The summed E-state index contributed by atoms with van der Waals surface area (Å²) in [4.78, 5) is 14.3. The van der Waals surface area contributed by atoms with Gasteiger partial charge < -0.3 is 10.2 Å². The molecular formula is C16H24N2O. The van der Waals surface area contributed by atoms with Crippen molar-refractivity contribution >= 4 is 5.91 Å². The molecule has 0 unspecified atom stereocenters. The van der Waals surface area contributed by atoms with E-state index in [1.54, 1.807) is 0 Å². The second-order valence-corrected chi connectivity index (χ2v) is 5.66. The molecule has 2 atom stereocenters. The van der Waals surface area contributed by atoms with Gasteiger partial charge in [0.05, 0.1) is 0 Å². The zero-order valence-electron chi connectivity index (χ0n) is 12.1. The molecule has 3 nitrogen and oxygen atoms in total. The van der Waals surface area contributed by atoms with Gasteiger partial charge in [-0.1, -0.05) is 31.2 Å². The summed E-state index contributed by atoms with van der Waals surface area (Å²) in [6.45, 7) is 8.97. The van der Waals surface area contributed by atoms with Gasteiger partial charge in [0, 0.05) is 32.1 Å². The van der Waals surface area contributed by atoms with Crippen LogP contribution in [0.3, 0.4) is 0 Å². The fraction of sp³-hybridized carbons (Fsp3) is 0.562. The maximum atomic E-state index is 12.3. The topological polar surface area (TPSA) is 32.3 Å². The third-order valence-corrected chi connectivity index (χ3v) is 3.92. The summed E-state index contributed by atoms with van der Waals surface area (Å²) >= 11 is 0. The highest BCUT2D eigenvalue weighted by molar-refractivity contribution is 5.77. The molecule has 2 rings (SSSR count). The molecule has 1 fully saturated rings. The lowest BCUT2D eigenvalue weighted by molar-refractivity contribution is -0.132. The Hall–Kier alpha value is -1.35. The monoisotopic (exact) mass is 260 g/mol. The smallest absolute Gasteiger partial charge is 0.223 e. The van der Waals surface area contributed by atoms with Crippen LogP contribution in [-0.4, -0.2) is 36.5 Å². The predicted octanol–water partition coefficient (Wildman–Crippen LogP) is 2.31. The van der Waals surface area contributed by atoms with Crippen LogP contribution in [0, 0.1) is 6.92 Å². The Morgan fingerprint density at radius 2 is 2.21 bits per heavy atom. The molecule has 1 saturated heterocycles. The highest BCUT2D eigenvalue weighted by Crippen LogP contribution is 2.23. The van der Waals surface area contributed by atoms with Crippen molar-refractivity contribution < 1.29 is 4.79 Å². The molecule has 1 heterocycles. The molecule has 0 radical (unpaired) electrons. The summed E-state index contributed by atoms with van der Waals surface area (Å²) in [6.07, 6.45) is 0.609. The van der Waals surface area contributed by atoms with Crippen molar-refractivity contribution in [2.45, 2.75) is 39.2 Å². The summed E-state index contributed by atoms with van der Waals surface area (Å²) in [5, 5.41) is 3.37. The minimum absolute atomic E-state index is 0.282. The molecule has 0 saturated carbocycles. The maximum absolute atomic E-state index is 12.3. The number of hydrogen-bond acceptors (Lipinski definition) is 2. The number of carbonyl (C=O) groups is 1. The normalized spacial score (nSPS) is 21.2. The Labute approximate surface area is 116 Å². The van der Waals surface area contributed by atoms with Gasteiger partial charge in [-0.15, -0.1) is 0 Å². The van der Waals surface area contributed by atoms with E-state index in [-0.39, 0.29) is 5.91 Å². The first kappa shape index (κ1) is 14.1. The molecule has 1 aromatic carbocycles. The molecule has 0 bridgehead atoms. The van der Waals surface area contributed by atoms with Crippen LogP contribution in [0.1, 0.15) is 37.3 Å². The van der Waals surface area contributed by atoms with E-state index in [0.29, 0.717) is 18.4 Å². The standard InChI is InChI=1S/C16H24N2O/c1-12-6-4-5-7-15(12)13(2)10-16(19)18-9-8-17-14(3)11-18/h4-7,13-14,17H,8-11H2,1-3H3/t13-,14+/m0/s1. The van der Waals surface area contributed by atoms with Crippen molar-refractivity contribution in [2.24, 2.45) is 0 Å². The zero-order valence-corrected chi connectivity index (χ0v) is 12.1. The number of aryl methyl sites for hydroxylation is 1. The lowest BCUT2D eigenvalue weighted by Gasteiger charge is -2.32. The van der Waals surface area contributed by atoms with Gasteiger partial charge in [-0.05, 0) is 30.9 Å². The average Bonchev–Trinajstić information content (AvgIpc) is 2.39. The Morgan fingerprint density at radius 1 is 1.47 bits per heavy atom. The second kappa shape index (κ2) is 6.20. The number of hydrogen-bond donors (Lipinski definition) is 1. The van der Waals surface area contributed by atoms with Crippen molar-refractivity contribution in [1.29, 1.82) is 0 Å². The Balaban J connectivity index is 1.97. The van der Waals surface area contributed by atoms with E-state index in [2.05, 4.69) is 44.3 Å². The fourth-order valence-corrected chi connectivity index (χ4v) is 2.80. The molecule has 19 heavy (non-hydrogen) atoms. The van der Waals surface area contributed by atoms with Crippen LogP contribution in [0.5, 0.6) is 0 Å². The minimum Gasteiger partial charge on any atom is -0.340 e. The molecule has 1 aliphatic heterocycles. The average molecular weight is 260 g/mol. The predicted molar refractivity (Wildman–Crippen MR) is 78.3 cm³/mol. The first-order valence-corrected chi connectivity index (χ1v) is 7.14. The van der Waals surface area contributed by atoms with Crippen molar-refractivity contribution in [3.8, 4) is 0 Å². The summed E-state index contributed by atoms with van der Waals surface area (Å²) in [7, 11) is 0. The summed E-state index contributed by atoms with van der Waals surface area (Å²) in [5.41, 5.74) is 2.57. The van der Waals surface area contributed by atoms with Crippen LogP contribution in [0.2, 0.25) is 0 Å². The minimum atomic E-state index is 0.282. The molecule has 0 aliphatic carbocycles. The van der Waals surface area contributed by atoms with Gasteiger partial charge in [0.2, 0.25) is 5.91 Å². The molecule has 1 aliphatic rings. The van der Waals surface area contributed by atoms with Crippen molar-refractivity contribution in [3.05, 3.63) is 35.4 Å². The van der Waals surface area contributed by atoms with E-state index in [9.17, 15) is 4.79 Å². The number of amides is 1. The summed E-state index contributed by atoms with van der Waals surface area (Å²) in [6, 6.07) is 8.75. The van der Waals surface area contributed by atoms with Crippen molar-refractivity contribution in [2.75, 3.05) is 19.6 Å². The number of nitrogens with zero attached hydrogens (tertiary/aromatic N) is 1. The zero-order chi connectivity index (χ0) is 13.8. The summed E-state index contributed by atoms with van der Waals surface area (Å²) in [5.74, 6) is 0.572. The van der Waals surface area contributed by atoms with Gasteiger partial charge in [-0.2, -0.15) is 0 Å². The summed E-state index contributed by atoms with van der Waals surface area (Å²) < 4.78 is 0. The van der Waals surface area contributed by atoms with Gasteiger partial charge in [0.15, 0.2) is 0 Å². The highest BCUT2D eigenvalue weighted by Gasteiger charge is 2.22. The van der Waals surface area contributed by atoms with Gasteiger partial charge in [0.1, 0.15) is 0 Å². The number of nitrogens with one attached hydrogen (secondary N) is 1. The molecule has 1 aromatic rings. The lowest BCUT2D eigenvalue weighted by atomic mass is 9.93. The van der Waals surface area contributed by atoms with Crippen LogP contribution in [0.4, 0.5) is 0 Å². The van der Waals surface area contributed by atoms with Crippen LogP contribution < -0.4 is 5.32 Å². The largest absolute Gasteiger partial charge is 0.340 e. The fourth-order valence-electron chi connectivity index (χ4n) is 2.80. The molecule has 1 N–H and O–H groups in total. The Bertz CT molecular complexity index is 444. The molecular weight excluding hydrogens is 236 g/mol. The van der Waals surface area contributed by atoms with Crippen LogP contribution >= 0.6 is 0 Å². The van der Waals surface area contributed by atoms with E-state index in [1.807, 2.05) is 11.0 Å². The lowest BCUT2D eigenvalue weighted by Crippen LogP contribution is -2.51. The van der Waals surface area contributed by atoms with Crippen LogP contribution in [0.15, 0.2) is 24.3 Å². The van der Waals surface area contributed by atoms with Crippen molar-refractivity contribution in [3.63, 3.8) is 0 Å². The second-order valence-electron chi connectivity index (χ2n) is 5.66. The maximum Gasteiger partial charge on any atom is 0.223 e. The molecule has 1 amide bonds. The quantitative estimate of drug-likeness (QED) is 0.904. The first-order chi connectivity index (χ1) is 9.08. The number of carbonyl (C=O) groups excluding carboxylic acids is 1. The number of piperazine rings is 1. The molecule has 104 valence electrons. The third kappa shape index (κ3) is 3.57. The third-order valence-electron chi connectivity index (χ3n) is 3.92. The first-order valence-electron chi connectivity index (χ1n) is 7.14. The van der Waals surface area contributed by atoms with Gasteiger partial charge >= 0.3 is 0 Å². The Morgan fingerprint density at radius 3 is 2.89 bits per heavy atom. The molecule has 0 aromatic heterocycles. The highest BCUT2D eigenvalue weighted by atomic mass is 16.2. The number of rotatable bonds is 3. The van der Waals surface area contributed by atoms with Gasteiger partial charge in [-0.3, -0.25) is 4.79 Å². The van der Waals surface area contributed by atoms with E-state index in [0.717, 1.165) is 19.6 Å². The Kier molecular flexibility index (Phi) is 4.59. The molecule has 3 heteroatoms. The van der Waals surface area contributed by atoms with E-state index in [4.69, 9.17) is 0 Å². The van der Waals surface area contributed by atoms with Crippen LogP contribution in [-0.2, 0) is 4.79 Å². The van der Waals surface area contributed by atoms with Crippen molar-refractivity contribution in [1.82, 2.24) is 10.2 Å². The number of benzene rings is 1. The van der Waals surface area contributed by atoms with E-state index >= 15 is 0 Å². The van der Waals surface area contributed by atoms with E-state index < -0.39 is 0 Å².